The molecule has 0 spiro atoms. The van der Waals surface area contributed by atoms with E-state index < -0.39 is 0 Å². The molecule has 126 valence electrons. The summed E-state index contributed by atoms with van der Waals surface area (Å²) in [7, 11) is 1.41. The van der Waals surface area contributed by atoms with Gasteiger partial charge < -0.3 is 4.74 Å². The van der Waals surface area contributed by atoms with E-state index in [9.17, 15) is 9.59 Å². The van der Waals surface area contributed by atoms with Crippen molar-refractivity contribution in [2.45, 2.75) is 83.5 Å². The van der Waals surface area contributed by atoms with Crippen molar-refractivity contribution in [1.29, 1.82) is 0 Å². The van der Waals surface area contributed by atoms with E-state index in [1.165, 1.54) is 39.2 Å². The topological polar surface area (TPSA) is 67.8 Å². The Morgan fingerprint density at radius 3 is 2.18 bits per heavy atom. The predicted molar refractivity (Wildman–Crippen MR) is 87.6 cm³/mol. The normalized spacial score (nSPS) is 15.6. The summed E-state index contributed by atoms with van der Waals surface area (Å²) in [4.78, 5) is 22.7. The van der Waals surface area contributed by atoms with Crippen molar-refractivity contribution in [1.82, 2.24) is 5.43 Å². The first-order valence-corrected chi connectivity index (χ1v) is 8.63. The average Bonchev–Trinajstić information content (AvgIpc) is 2.49. The number of carbonyl (C=O) groups is 2. The highest BCUT2D eigenvalue weighted by Crippen LogP contribution is 2.14. The SMILES string of the molecule is COC(=O)CCCCCCC(=O)NN=C1CCCCCCC1. The van der Waals surface area contributed by atoms with Crippen LogP contribution in [0.2, 0.25) is 0 Å². The molecule has 1 aliphatic carbocycles. The number of esters is 1. The Labute approximate surface area is 133 Å². The Balaban J connectivity index is 2.06. The summed E-state index contributed by atoms with van der Waals surface area (Å²) in [5.41, 5.74) is 3.84. The number of hydrazone groups is 1. The molecule has 1 aliphatic rings. The standard InChI is InChI=1S/C17H30N2O3/c1-22-17(21)14-10-6-5-9-13-16(20)19-18-15-11-7-3-2-4-8-12-15/h2-14H2,1H3,(H,19,20). The van der Waals surface area contributed by atoms with E-state index in [4.69, 9.17) is 0 Å². The molecule has 1 rings (SSSR count). The van der Waals surface area contributed by atoms with Gasteiger partial charge in [0.1, 0.15) is 0 Å². The Morgan fingerprint density at radius 2 is 1.55 bits per heavy atom. The van der Waals surface area contributed by atoms with Crippen LogP contribution in [0.25, 0.3) is 0 Å². The summed E-state index contributed by atoms with van der Waals surface area (Å²) in [5, 5.41) is 4.29. The zero-order valence-corrected chi connectivity index (χ0v) is 13.9. The number of hydrogen-bond acceptors (Lipinski definition) is 4. The maximum absolute atomic E-state index is 11.7. The second kappa shape index (κ2) is 12.2. The number of ether oxygens (including phenoxy) is 1. The van der Waals surface area contributed by atoms with E-state index in [1.54, 1.807) is 0 Å². The molecule has 0 aromatic rings. The van der Waals surface area contributed by atoms with Gasteiger partial charge in [-0.25, -0.2) is 5.43 Å². The second-order valence-electron chi connectivity index (χ2n) is 5.97. The average molecular weight is 310 g/mol. The molecule has 0 unspecified atom stereocenters. The van der Waals surface area contributed by atoms with Gasteiger partial charge >= 0.3 is 5.97 Å². The van der Waals surface area contributed by atoms with Gasteiger partial charge in [-0.1, -0.05) is 32.1 Å². The summed E-state index contributed by atoms with van der Waals surface area (Å²) in [5.74, 6) is -0.157. The van der Waals surface area contributed by atoms with Crippen molar-refractivity contribution in [3.8, 4) is 0 Å². The van der Waals surface area contributed by atoms with Crippen molar-refractivity contribution in [3.05, 3.63) is 0 Å². The molecule has 1 saturated carbocycles. The monoisotopic (exact) mass is 310 g/mol. The number of nitrogens with zero attached hydrogens (tertiary/aromatic N) is 1. The first-order valence-electron chi connectivity index (χ1n) is 8.63. The minimum Gasteiger partial charge on any atom is -0.469 e. The Bertz CT molecular complexity index is 357. The second-order valence-corrected chi connectivity index (χ2v) is 5.97. The van der Waals surface area contributed by atoms with Crippen LogP contribution in [0, 0.1) is 0 Å². The highest BCUT2D eigenvalue weighted by molar-refractivity contribution is 5.86. The van der Waals surface area contributed by atoms with Gasteiger partial charge in [-0.3, -0.25) is 9.59 Å². The number of nitrogens with one attached hydrogen (secondary N) is 1. The predicted octanol–water partition coefficient (Wildman–Crippen LogP) is 3.72. The molecule has 1 N–H and O–H groups in total. The molecule has 0 bridgehead atoms. The highest BCUT2D eigenvalue weighted by Gasteiger charge is 2.06. The number of hydrogen-bond donors (Lipinski definition) is 1. The third-order valence-corrected chi connectivity index (χ3v) is 4.03. The molecule has 0 radical (unpaired) electrons. The smallest absolute Gasteiger partial charge is 0.305 e. The summed E-state index contributed by atoms with van der Waals surface area (Å²) in [6.07, 6.45) is 12.9. The van der Waals surface area contributed by atoms with E-state index in [1.807, 2.05) is 0 Å². The molecule has 0 atom stereocenters. The molecule has 5 nitrogen and oxygen atoms in total. The summed E-state index contributed by atoms with van der Waals surface area (Å²) < 4.78 is 4.58. The maximum atomic E-state index is 11.7. The minimum absolute atomic E-state index is 0.00234. The van der Waals surface area contributed by atoms with Crippen molar-refractivity contribution in [3.63, 3.8) is 0 Å². The largest absolute Gasteiger partial charge is 0.469 e. The number of rotatable bonds is 8. The van der Waals surface area contributed by atoms with Gasteiger partial charge in [-0.2, -0.15) is 5.10 Å². The van der Waals surface area contributed by atoms with Gasteiger partial charge in [-0.05, 0) is 38.5 Å². The van der Waals surface area contributed by atoms with Crippen LogP contribution in [0.15, 0.2) is 5.10 Å². The first-order chi connectivity index (χ1) is 10.7. The Kier molecular flexibility index (Phi) is 10.3. The molecule has 1 amide bonds. The Morgan fingerprint density at radius 1 is 0.955 bits per heavy atom. The van der Waals surface area contributed by atoms with E-state index in [0.717, 1.165) is 44.2 Å². The van der Waals surface area contributed by atoms with E-state index in [-0.39, 0.29) is 11.9 Å². The first kappa shape index (κ1) is 18.7. The van der Waals surface area contributed by atoms with Crippen LogP contribution >= 0.6 is 0 Å². The fourth-order valence-corrected chi connectivity index (χ4v) is 2.63. The van der Waals surface area contributed by atoms with E-state index in [0.29, 0.717) is 12.8 Å². The number of unbranched alkanes of at least 4 members (excludes halogenated alkanes) is 3. The lowest BCUT2D eigenvalue weighted by molar-refractivity contribution is -0.140. The fraction of sp³-hybridized carbons (Fsp3) is 0.824. The van der Waals surface area contributed by atoms with Crippen LogP contribution in [0.4, 0.5) is 0 Å². The summed E-state index contributed by atoms with van der Waals surface area (Å²) >= 11 is 0. The van der Waals surface area contributed by atoms with E-state index in [2.05, 4.69) is 15.3 Å². The lowest BCUT2D eigenvalue weighted by Gasteiger charge is -2.10. The van der Waals surface area contributed by atoms with Crippen molar-refractivity contribution in [2.75, 3.05) is 7.11 Å². The molecule has 22 heavy (non-hydrogen) atoms. The quantitative estimate of drug-likeness (QED) is 0.422. The molecular weight excluding hydrogens is 280 g/mol. The fourth-order valence-electron chi connectivity index (χ4n) is 2.63. The van der Waals surface area contributed by atoms with Crippen LogP contribution in [-0.2, 0) is 14.3 Å². The third kappa shape index (κ3) is 9.53. The van der Waals surface area contributed by atoms with Crippen LogP contribution < -0.4 is 5.43 Å². The van der Waals surface area contributed by atoms with Gasteiger partial charge in [0.15, 0.2) is 0 Å². The third-order valence-electron chi connectivity index (χ3n) is 4.03. The van der Waals surface area contributed by atoms with Gasteiger partial charge in [0.25, 0.3) is 0 Å². The molecular formula is C17H30N2O3. The number of carbonyl (C=O) groups excluding carboxylic acids is 2. The number of methoxy groups -OCH3 is 1. The van der Waals surface area contributed by atoms with Crippen LogP contribution in [0.1, 0.15) is 83.5 Å². The van der Waals surface area contributed by atoms with Crippen molar-refractivity contribution >= 4 is 17.6 Å². The molecule has 0 saturated heterocycles. The zero-order valence-electron chi connectivity index (χ0n) is 13.9. The molecule has 0 aliphatic heterocycles. The van der Waals surface area contributed by atoms with Crippen LogP contribution in [0.3, 0.4) is 0 Å². The minimum atomic E-state index is -0.159. The van der Waals surface area contributed by atoms with Gasteiger partial charge in [0, 0.05) is 18.6 Å². The zero-order chi connectivity index (χ0) is 16.0. The van der Waals surface area contributed by atoms with Gasteiger partial charge in [-0.15, -0.1) is 0 Å². The summed E-state index contributed by atoms with van der Waals surface area (Å²) in [6, 6.07) is 0. The van der Waals surface area contributed by atoms with Crippen molar-refractivity contribution < 1.29 is 14.3 Å². The van der Waals surface area contributed by atoms with Crippen LogP contribution in [0.5, 0.6) is 0 Å². The molecule has 0 aromatic carbocycles. The van der Waals surface area contributed by atoms with Gasteiger partial charge in [0.05, 0.1) is 7.11 Å². The Hall–Kier alpha value is -1.39. The lowest BCUT2D eigenvalue weighted by atomic mass is 9.99. The summed E-state index contributed by atoms with van der Waals surface area (Å²) in [6.45, 7) is 0. The molecule has 0 aromatic heterocycles. The molecule has 5 heteroatoms. The van der Waals surface area contributed by atoms with Crippen LogP contribution in [-0.4, -0.2) is 24.7 Å². The molecule has 0 heterocycles. The number of amides is 1. The lowest BCUT2D eigenvalue weighted by Crippen LogP contribution is -2.19. The molecule has 1 fully saturated rings. The van der Waals surface area contributed by atoms with Crippen molar-refractivity contribution in [2.24, 2.45) is 5.10 Å². The highest BCUT2D eigenvalue weighted by atomic mass is 16.5. The maximum Gasteiger partial charge on any atom is 0.305 e. The van der Waals surface area contributed by atoms with Gasteiger partial charge in [0.2, 0.25) is 5.91 Å². The van der Waals surface area contributed by atoms with E-state index >= 15 is 0 Å².